The number of carboxylic acids is 1. The van der Waals surface area contributed by atoms with Gasteiger partial charge >= 0.3 is 5.97 Å². The quantitative estimate of drug-likeness (QED) is 0.752. The second-order valence-corrected chi connectivity index (χ2v) is 5.50. The Morgan fingerprint density at radius 2 is 2.14 bits per heavy atom. The summed E-state index contributed by atoms with van der Waals surface area (Å²) < 4.78 is 7.82. The van der Waals surface area contributed by atoms with E-state index in [0.29, 0.717) is 16.4 Å². The van der Waals surface area contributed by atoms with E-state index in [1.807, 2.05) is 0 Å². The summed E-state index contributed by atoms with van der Waals surface area (Å²) in [5, 5.41) is 9.72. The first-order valence-electron chi connectivity index (χ1n) is 5.89. The van der Waals surface area contributed by atoms with Gasteiger partial charge in [0, 0.05) is 10.7 Å². The zero-order valence-electron chi connectivity index (χ0n) is 10.5. The van der Waals surface area contributed by atoms with Crippen molar-refractivity contribution in [2.24, 2.45) is 0 Å². The molecule has 0 saturated carbocycles. The Morgan fingerprint density at radius 1 is 1.33 bits per heavy atom. The summed E-state index contributed by atoms with van der Waals surface area (Å²) in [4.78, 5) is 15.6. The summed E-state index contributed by atoms with van der Waals surface area (Å²) >= 11 is 9.37. The number of pyridine rings is 1. The second-order valence-electron chi connectivity index (χ2n) is 4.18. The van der Waals surface area contributed by atoms with Crippen molar-refractivity contribution in [3.63, 3.8) is 0 Å². The van der Waals surface area contributed by atoms with Gasteiger partial charge in [0.25, 0.3) is 5.88 Å². The molecule has 0 saturated heterocycles. The van der Waals surface area contributed by atoms with Gasteiger partial charge in [-0.15, -0.1) is 0 Å². The van der Waals surface area contributed by atoms with Crippen LogP contribution in [0.25, 0.3) is 5.65 Å². The molecule has 0 spiro atoms. The molecule has 0 aliphatic heterocycles. The van der Waals surface area contributed by atoms with Crippen LogP contribution in [0.2, 0.25) is 5.02 Å². The van der Waals surface area contributed by atoms with Gasteiger partial charge in [-0.1, -0.05) is 33.6 Å². The lowest BCUT2D eigenvalue weighted by Gasteiger charge is -2.06. The Morgan fingerprint density at radius 3 is 2.86 bits per heavy atom. The van der Waals surface area contributed by atoms with Crippen LogP contribution in [0.1, 0.15) is 10.5 Å². The van der Waals surface area contributed by atoms with E-state index in [1.165, 1.54) is 4.40 Å². The zero-order valence-corrected chi connectivity index (χ0v) is 12.8. The highest BCUT2D eigenvalue weighted by Gasteiger charge is 2.21. The zero-order chi connectivity index (χ0) is 15.0. The number of rotatable bonds is 3. The van der Waals surface area contributed by atoms with E-state index in [2.05, 4.69) is 20.9 Å². The number of carbonyl (C=O) groups is 1. The van der Waals surface area contributed by atoms with Gasteiger partial charge < -0.3 is 9.84 Å². The van der Waals surface area contributed by atoms with Gasteiger partial charge in [0.2, 0.25) is 0 Å². The molecule has 3 aromatic rings. The highest BCUT2D eigenvalue weighted by Crippen LogP contribution is 2.33. The lowest BCUT2D eigenvalue weighted by molar-refractivity contribution is 0.0686. The minimum Gasteiger partial charge on any atom is -0.476 e. The molecule has 0 atom stereocenters. The number of aromatic nitrogens is 2. The van der Waals surface area contributed by atoms with Crippen molar-refractivity contribution in [1.82, 2.24) is 9.38 Å². The molecule has 21 heavy (non-hydrogen) atoms. The van der Waals surface area contributed by atoms with Crippen LogP contribution in [0.5, 0.6) is 11.6 Å². The molecule has 2 heterocycles. The average Bonchev–Trinajstić information content (AvgIpc) is 2.80. The van der Waals surface area contributed by atoms with Crippen molar-refractivity contribution in [3.8, 4) is 11.6 Å². The number of benzene rings is 1. The number of imidazole rings is 1. The van der Waals surface area contributed by atoms with E-state index >= 15 is 0 Å². The third kappa shape index (κ3) is 2.59. The molecule has 0 fully saturated rings. The van der Waals surface area contributed by atoms with Crippen LogP contribution in [0.15, 0.2) is 47.1 Å². The minimum absolute atomic E-state index is 0.00192. The topological polar surface area (TPSA) is 63.8 Å². The molecule has 0 aliphatic carbocycles. The number of nitrogens with zero attached hydrogens (tertiary/aromatic N) is 2. The molecular weight excluding hydrogens is 360 g/mol. The molecule has 1 N–H and O–H groups in total. The fourth-order valence-electron chi connectivity index (χ4n) is 1.90. The Balaban J connectivity index is 2.12. The van der Waals surface area contributed by atoms with Crippen molar-refractivity contribution in [3.05, 3.63) is 57.8 Å². The van der Waals surface area contributed by atoms with E-state index in [-0.39, 0.29) is 11.6 Å². The van der Waals surface area contributed by atoms with E-state index < -0.39 is 5.97 Å². The Bertz CT molecular complexity index is 847. The van der Waals surface area contributed by atoms with Crippen LogP contribution in [0.4, 0.5) is 0 Å². The van der Waals surface area contributed by atoms with Gasteiger partial charge in [-0.2, -0.15) is 4.98 Å². The maximum atomic E-state index is 11.4. The lowest BCUT2D eigenvalue weighted by atomic mass is 10.3. The summed E-state index contributed by atoms with van der Waals surface area (Å²) in [5.41, 5.74) is 0.433. The van der Waals surface area contributed by atoms with E-state index in [9.17, 15) is 9.90 Å². The van der Waals surface area contributed by atoms with Crippen LogP contribution < -0.4 is 4.74 Å². The van der Waals surface area contributed by atoms with E-state index in [1.54, 1.807) is 42.6 Å². The van der Waals surface area contributed by atoms with Gasteiger partial charge in [0.05, 0.1) is 5.02 Å². The van der Waals surface area contributed by atoms with Crippen LogP contribution in [0.3, 0.4) is 0 Å². The number of ether oxygens (including phenoxy) is 1. The monoisotopic (exact) mass is 366 g/mol. The predicted molar refractivity (Wildman–Crippen MR) is 81.4 cm³/mol. The molecule has 5 nitrogen and oxygen atoms in total. The van der Waals surface area contributed by atoms with Crippen LogP contribution >= 0.6 is 27.5 Å². The van der Waals surface area contributed by atoms with E-state index in [0.717, 1.165) is 4.47 Å². The first-order valence-corrected chi connectivity index (χ1v) is 7.06. The Hall–Kier alpha value is -2.05. The van der Waals surface area contributed by atoms with Gasteiger partial charge in [-0.25, -0.2) is 4.79 Å². The van der Waals surface area contributed by atoms with Gasteiger partial charge in [-0.05, 0) is 30.3 Å². The van der Waals surface area contributed by atoms with E-state index in [4.69, 9.17) is 16.3 Å². The molecule has 0 radical (unpaired) electrons. The fraction of sp³-hybridized carbons (Fsp3) is 0. The molecule has 106 valence electrons. The molecular formula is C14H8BrClN2O3. The van der Waals surface area contributed by atoms with Crippen LogP contribution in [-0.2, 0) is 0 Å². The number of fused-ring (bicyclic) bond motifs is 1. The molecule has 0 unspecified atom stereocenters. The fourth-order valence-corrected chi connectivity index (χ4v) is 2.61. The van der Waals surface area contributed by atoms with Crippen LogP contribution in [-0.4, -0.2) is 20.5 Å². The summed E-state index contributed by atoms with van der Waals surface area (Å²) in [6, 6.07) is 10.2. The summed E-state index contributed by atoms with van der Waals surface area (Å²) in [5.74, 6) is -0.791. The SMILES string of the molecule is O=C(O)c1c(Oc2ccc(Br)cc2Cl)nc2ccccn12. The standard InChI is InChI=1S/C14H8BrClN2O3/c15-8-4-5-10(9(16)7-8)21-13-12(14(19)20)18-6-2-1-3-11(18)17-13/h1-7H,(H,19,20). The Labute approximate surface area is 132 Å². The predicted octanol–water partition coefficient (Wildman–Crippen LogP) is 4.24. The van der Waals surface area contributed by atoms with Crippen molar-refractivity contribution >= 4 is 39.1 Å². The summed E-state index contributed by atoms with van der Waals surface area (Å²) in [7, 11) is 0. The highest BCUT2D eigenvalue weighted by molar-refractivity contribution is 9.10. The lowest BCUT2D eigenvalue weighted by Crippen LogP contribution is -2.03. The van der Waals surface area contributed by atoms with Crippen molar-refractivity contribution < 1.29 is 14.6 Å². The number of hydrogen-bond acceptors (Lipinski definition) is 3. The van der Waals surface area contributed by atoms with Crippen molar-refractivity contribution in [1.29, 1.82) is 0 Å². The molecule has 0 amide bonds. The molecule has 2 aromatic heterocycles. The number of halogens is 2. The molecule has 1 aromatic carbocycles. The molecule has 3 rings (SSSR count). The van der Waals surface area contributed by atoms with Gasteiger partial charge in [0.1, 0.15) is 11.4 Å². The normalized spacial score (nSPS) is 10.8. The highest BCUT2D eigenvalue weighted by atomic mass is 79.9. The summed E-state index contributed by atoms with van der Waals surface area (Å²) in [6.07, 6.45) is 1.61. The molecule has 0 bridgehead atoms. The first-order chi connectivity index (χ1) is 10.1. The largest absolute Gasteiger partial charge is 0.476 e. The van der Waals surface area contributed by atoms with Gasteiger partial charge in [-0.3, -0.25) is 4.40 Å². The maximum Gasteiger partial charge on any atom is 0.358 e. The number of aromatic carboxylic acids is 1. The number of hydrogen-bond donors (Lipinski definition) is 1. The van der Waals surface area contributed by atoms with Crippen molar-refractivity contribution in [2.45, 2.75) is 0 Å². The Kier molecular flexibility index (Phi) is 3.57. The third-order valence-corrected chi connectivity index (χ3v) is 3.59. The minimum atomic E-state index is -1.13. The second kappa shape index (κ2) is 5.38. The summed E-state index contributed by atoms with van der Waals surface area (Å²) in [6.45, 7) is 0. The van der Waals surface area contributed by atoms with Gasteiger partial charge in [0.15, 0.2) is 5.69 Å². The average molecular weight is 368 g/mol. The third-order valence-electron chi connectivity index (χ3n) is 2.80. The van der Waals surface area contributed by atoms with Crippen LogP contribution in [0, 0.1) is 0 Å². The number of carboxylic acid groups (broad SMARTS) is 1. The molecule has 0 aliphatic rings. The smallest absolute Gasteiger partial charge is 0.358 e. The maximum absolute atomic E-state index is 11.4. The first kappa shape index (κ1) is 13.9. The van der Waals surface area contributed by atoms with Crippen molar-refractivity contribution in [2.75, 3.05) is 0 Å². The molecule has 7 heteroatoms.